The average molecular weight is 518 g/mol. The highest BCUT2D eigenvalue weighted by atomic mass is 35.5. The van der Waals surface area contributed by atoms with Gasteiger partial charge in [-0.3, -0.25) is 14.5 Å². The topological polar surface area (TPSA) is 52.7 Å². The van der Waals surface area contributed by atoms with Gasteiger partial charge in [-0.25, -0.2) is 0 Å². The van der Waals surface area contributed by atoms with Crippen molar-refractivity contribution in [2.24, 2.45) is 5.92 Å². The molecule has 37 heavy (non-hydrogen) atoms. The summed E-state index contributed by atoms with van der Waals surface area (Å²) in [6, 6.07) is 26.8. The Balaban J connectivity index is 1.27. The lowest BCUT2D eigenvalue weighted by Crippen LogP contribution is -2.50. The number of piperazine rings is 1. The number of aryl methyl sites for hydroxylation is 1. The SMILES string of the molecule is Cc1ccc(CNC(=O)CC(C)CC(=O)N2CCN(C(c3ccccc3)c3ccc(Cl)cc3)CC2)cc1. The van der Waals surface area contributed by atoms with Gasteiger partial charge in [0, 0.05) is 50.6 Å². The second kappa shape index (κ2) is 12.9. The number of amides is 2. The van der Waals surface area contributed by atoms with Gasteiger partial charge < -0.3 is 10.2 Å². The summed E-state index contributed by atoms with van der Waals surface area (Å²) in [5.41, 5.74) is 4.70. The van der Waals surface area contributed by atoms with E-state index in [1.54, 1.807) is 0 Å². The predicted octanol–water partition coefficient (Wildman–Crippen LogP) is 5.61. The minimum atomic E-state index is -0.0145. The molecule has 4 rings (SSSR count). The summed E-state index contributed by atoms with van der Waals surface area (Å²) in [6.07, 6.45) is 0.738. The molecule has 5 nitrogen and oxygen atoms in total. The van der Waals surface area contributed by atoms with Crippen LogP contribution >= 0.6 is 11.6 Å². The summed E-state index contributed by atoms with van der Waals surface area (Å²) in [4.78, 5) is 29.8. The number of rotatable bonds is 9. The first-order chi connectivity index (χ1) is 17.9. The summed E-state index contributed by atoms with van der Waals surface area (Å²) in [7, 11) is 0. The highest BCUT2D eigenvalue weighted by Gasteiger charge is 2.28. The highest BCUT2D eigenvalue weighted by molar-refractivity contribution is 6.30. The highest BCUT2D eigenvalue weighted by Crippen LogP contribution is 2.30. The van der Waals surface area contributed by atoms with Crippen LogP contribution in [0.4, 0.5) is 0 Å². The lowest BCUT2D eigenvalue weighted by molar-refractivity contribution is -0.134. The number of hydrogen-bond acceptors (Lipinski definition) is 3. The summed E-state index contributed by atoms with van der Waals surface area (Å²) in [5.74, 6) is 0.107. The van der Waals surface area contributed by atoms with E-state index in [4.69, 9.17) is 11.6 Å². The smallest absolute Gasteiger partial charge is 0.222 e. The van der Waals surface area contributed by atoms with Gasteiger partial charge in [0.2, 0.25) is 11.8 Å². The molecule has 1 aliphatic rings. The van der Waals surface area contributed by atoms with Gasteiger partial charge in [0.25, 0.3) is 0 Å². The molecule has 1 heterocycles. The Morgan fingerprint density at radius 3 is 2.11 bits per heavy atom. The van der Waals surface area contributed by atoms with Crippen molar-refractivity contribution in [3.05, 3.63) is 106 Å². The van der Waals surface area contributed by atoms with Gasteiger partial charge in [-0.05, 0) is 41.7 Å². The lowest BCUT2D eigenvalue weighted by Gasteiger charge is -2.40. The molecule has 1 saturated heterocycles. The van der Waals surface area contributed by atoms with Gasteiger partial charge in [0.15, 0.2) is 0 Å². The quantitative estimate of drug-likeness (QED) is 0.401. The molecule has 2 atom stereocenters. The minimum absolute atomic E-state index is 0.00492. The molecule has 0 aromatic heterocycles. The largest absolute Gasteiger partial charge is 0.352 e. The van der Waals surface area contributed by atoms with E-state index in [0.29, 0.717) is 32.5 Å². The zero-order chi connectivity index (χ0) is 26.2. The minimum Gasteiger partial charge on any atom is -0.352 e. The maximum Gasteiger partial charge on any atom is 0.222 e. The van der Waals surface area contributed by atoms with Crippen molar-refractivity contribution in [1.82, 2.24) is 15.1 Å². The molecule has 0 aliphatic carbocycles. The van der Waals surface area contributed by atoms with E-state index in [9.17, 15) is 9.59 Å². The number of nitrogens with zero attached hydrogens (tertiary/aromatic N) is 2. The molecule has 2 amide bonds. The van der Waals surface area contributed by atoms with Crippen LogP contribution < -0.4 is 5.32 Å². The van der Waals surface area contributed by atoms with Crippen LogP contribution in [0.1, 0.15) is 48.1 Å². The van der Waals surface area contributed by atoms with Gasteiger partial charge in [-0.2, -0.15) is 0 Å². The Labute approximate surface area is 225 Å². The van der Waals surface area contributed by atoms with Gasteiger partial charge >= 0.3 is 0 Å². The van der Waals surface area contributed by atoms with E-state index in [2.05, 4.69) is 46.6 Å². The third kappa shape index (κ3) is 7.67. The number of carbonyl (C=O) groups is 2. The number of carbonyl (C=O) groups excluding carboxylic acids is 2. The first-order valence-corrected chi connectivity index (χ1v) is 13.4. The molecule has 0 bridgehead atoms. The Morgan fingerprint density at radius 2 is 1.46 bits per heavy atom. The maximum absolute atomic E-state index is 13.0. The number of nitrogens with one attached hydrogen (secondary N) is 1. The van der Waals surface area contributed by atoms with E-state index < -0.39 is 0 Å². The molecule has 6 heteroatoms. The second-order valence-electron chi connectivity index (χ2n) is 10.1. The van der Waals surface area contributed by atoms with Crippen LogP contribution in [0.3, 0.4) is 0 Å². The molecule has 3 aromatic rings. The van der Waals surface area contributed by atoms with Crippen LogP contribution in [0.2, 0.25) is 5.02 Å². The lowest BCUT2D eigenvalue weighted by atomic mass is 9.96. The zero-order valence-electron chi connectivity index (χ0n) is 21.7. The summed E-state index contributed by atoms with van der Waals surface area (Å²) < 4.78 is 0. The van der Waals surface area contributed by atoms with Gasteiger partial charge in [-0.1, -0.05) is 90.8 Å². The molecular weight excluding hydrogens is 482 g/mol. The fourth-order valence-corrected chi connectivity index (χ4v) is 5.04. The Kier molecular flexibility index (Phi) is 9.37. The van der Waals surface area contributed by atoms with Crippen LogP contribution in [0.25, 0.3) is 0 Å². The third-order valence-electron chi connectivity index (χ3n) is 7.00. The molecular formula is C31H36ClN3O2. The monoisotopic (exact) mass is 517 g/mol. The van der Waals surface area contributed by atoms with E-state index in [-0.39, 0.29) is 23.8 Å². The van der Waals surface area contributed by atoms with Crippen molar-refractivity contribution < 1.29 is 9.59 Å². The standard InChI is InChI=1S/C31H36ClN3O2/c1-23-8-10-25(11-9-23)22-33-29(36)20-24(2)21-30(37)34-16-18-35(19-17-34)31(26-6-4-3-5-7-26)27-12-14-28(32)15-13-27/h3-15,24,31H,16-22H2,1-2H3,(H,33,36). The van der Waals surface area contributed by atoms with E-state index in [0.717, 1.165) is 23.7 Å². The van der Waals surface area contributed by atoms with Crippen molar-refractivity contribution >= 4 is 23.4 Å². The number of benzene rings is 3. The fourth-order valence-electron chi connectivity index (χ4n) is 4.92. The third-order valence-corrected chi connectivity index (χ3v) is 7.25. The van der Waals surface area contributed by atoms with Gasteiger partial charge in [-0.15, -0.1) is 0 Å². The Morgan fingerprint density at radius 1 is 0.838 bits per heavy atom. The molecule has 194 valence electrons. The molecule has 0 radical (unpaired) electrons. The number of halogens is 1. The fraction of sp³-hybridized carbons (Fsp3) is 0.355. The normalized spacial score (nSPS) is 15.7. The van der Waals surface area contributed by atoms with Crippen LogP contribution in [-0.2, 0) is 16.1 Å². The van der Waals surface area contributed by atoms with Crippen molar-refractivity contribution in [1.29, 1.82) is 0 Å². The Hall–Kier alpha value is -3.15. The molecule has 2 unspecified atom stereocenters. The van der Waals surface area contributed by atoms with Crippen LogP contribution in [0, 0.1) is 12.8 Å². The summed E-state index contributed by atoms with van der Waals surface area (Å²) >= 11 is 6.14. The molecule has 3 aromatic carbocycles. The first-order valence-electron chi connectivity index (χ1n) is 13.0. The predicted molar refractivity (Wildman–Crippen MR) is 149 cm³/mol. The van der Waals surface area contributed by atoms with Crippen molar-refractivity contribution in [3.63, 3.8) is 0 Å². The zero-order valence-corrected chi connectivity index (χ0v) is 22.5. The summed E-state index contributed by atoms with van der Waals surface area (Å²) in [5, 5.41) is 3.70. The summed E-state index contributed by atoms with van der Waals surface area (Å²) in [6.45, 7) is 7.48. The van der Waals surface area contributed by atoms with Gasteiger partial charge in [0.05, 0.1) is 6.04 Å². The Bertz CT molecular complexity index is 1160. The van der Waals surface area contributed by atoms with Gasteiger partial charge in [0.1, 0.15) is 0 Å². The maximum atomic E-state index is 13.0. The average Bonchev–Trinajstić information content (AvgIpc) is 2.90. The van der Waals surface area contributed by atoms with Crippen molar-refractivity contribution in [2.45, 2.75) is 39.3 Å². The van der Waals surface area contributed by atoms with Crippen LogP contribution in [-0.4, -0.2) is 47.8 Å². The van der Waals surface area contributed by atoms with Crippen molar-refractivity contribution in [2.75, 3.05) is 26.2 Å². The number of hydrogen-bond donors (Lipinski definition) is 1. The molecule has 1 aliphatic heterocycles. The second-order valence-corrected chi connectivity index (χ2v) is 10.5. The van der Waals surface area contributed by atoms with E-state index in [1.165, 1.54) is 16.7 Å². The molecule has 1 fully saturated rings. The first kappa shape index (κ1) is 26.9. The van der Waals surface area contributed by atoms with Crippen LogP contribution in [0.15, 0.2) is 78.9 Å². The van der Waals surface area contributed by atoms with Crippen LogP contribution in [0.5, 0.6) is 0 Å². The van der Waals surface area contributed by atoms with Crippen molar-refractivity contribution in [3.8, 4) is 0 Å². The van der Waals surface area contributed by atoms with E-state index >= 15 is 0 Å². The molecule has 0 spiro atoms. The molecule has 0 saturated carbocycles. The van der Waals surface area contributed by atoms with E-state index in [1.807, 2.05) is 61.2 Å². The molecule has 1 N–H and O–H groups in total.